The number of nitrogens with one attached hydrogen (secondary N) is 2. The van der Waals surface area contributed by atoms with Crippen molar-refractivity contribution >= 4 is 27.0 Å². The number of sulfonamides is 1. The lowest BCUT2D eigenvalue weighted by atomic mass is 10.1. The molecule has 2 aromatic heterocycles. The minimum absolute atomic E-state index is 0.114. The highest BCUT2D eigenvalue weighted by molar-refractivity contribution is 7.88. The molecule has 1 fully saturated rings. The number of anilines is 1. The SMILES string of the molecule is Cc1cc2cnc(NC3CCN(S(C)(=O)=O)CC3)nc2[nH]c1=O. The largest absolute Gasteiger partial charge is 0.351 e. The first-order chi connectivity index (χ1) is 10.8. The van der Waals surface area contributed by atoms with E-state index in [0.29, 0.717) is 43.1 Å². The van der Waals surface area contributed by atoms with E-state index >= 15 is 0 Å². The first-order valence-corrected chi connectivity index (χ1v) is 9.26. The van der Waals surface area contributed by atoms with Crippen LogP contribution in [0, 0.1) is 6.92 Å². The standard InChI is InChI=1S/C14H19N5O3S/c1-9-7-10-8-15-14(18-12(10)17-13(9)20)16-11-3-5-19(6-4-11)23(2,21)22/h7-8,11H,3-6H2,1-2H3,(H2,15,16,17,18,20). The molecule has 0 spiro atoms. The lowest BCUT2D eigenvalue weighted by molar-refractivity contribution is 0.331. The Kier molecular flexibility index (Phi) is 4.07. The molecule has 3 heterocycles. The molecule has 1 aliphatic rings. The second kappa shape index (κ2) is 5.89. The van der Waals surface area contributed by atoms with Crippen LogP contribution < -0.4 is 10.9 Å². The molecule has 0 aromatic carbocycles. The maximum absolute atomic E-state index is 11.7. The van der Waals surface area contributed by atoms with Crippen LogP contribution >= 0.6 is 0 Å². The number of aromatic amines is 1. The summed E-state index contributed by atoms with van der Waals surface area (Å²) in [5.74, 6) is 0.440. The van der Waals surface area contributed by atoms with Crippen LogP contribution in [0.25, 0.3) is 11.0 Å². The average Bonchev–Trinajstić information content (AvgIpc) is 2.48. The third-order valence-electron chi connectivity index (χ3n) is 4.04. The Bertz CT molecular complexity index is 885. The van der Waals surface area contributed by atoms with Crippen LogP contribution in [-0.2, 0) is 10.0 Å². The van der Waals surface area contributed by atoms with Crippen molar-refractivity contribution in [2.24, 2.45) is 0 Å². The summed E-state index contributed by atoms with van der Waals surface area (Å²) in [6.45, 7) is 2.71. The van der Waals surface area contributed by atoms with E-state index in [0.717, 1.165) is 5.39 Å². The first kappa shape index (κ1) is 15.9. The Hall–Kier alpha value is -2.00. The Morgan fingerprint density at radius 2 is 2.04 bits per heavy atom. The Labute approximate surface area is 134 Å². The summed E-state index contributed by atoms with van der Waals surface area (Å²) in [5.41, 5.74) is 0.949. The molecule has 8 nitrogen and oxygen atoms in total. The average molecular weight is 337 g/mol. The molecule has 0 aliphatic carbocycles. The number of hydrogen-bond donors (Lipinski definition) is 2. The topological polar surface area (TPSA) is 108 Å². The smallest absolute Gasteiger partial charge is 0.252 e. The minimum atomic E-state index is -3.13. The fraction of sp³-hybridized carbons (Fsp3) is 0.500. The number of nitrogens with zero attached hydrogens (tertiary/aromatic N) is 3. The maximum atomic E-state index is 11.7. The van der Waals surface area contributed by atoms with Gasteiger partial charge in [0.05, 0.1) is 6.26 Å². The highest BCUT2D eigenvalue weighted by Crippen LogP contribution is 2.17. The highest BCUT2D eigenvalue weighted by Gasteiger charge is 2.25. The summed E-state index contributed by atoms with van der Waals surface area (Å²) in [5, 5.41) is 3.99. The zero-order chi connectivity index (χ0) is 16.6. The molecule has 0 amide bonds. The molecule has 0 radical (unpaired) electrons. The van der Waals surface area contributed by atoms with Crippen molar-refractivity contribution in [1.29, 1.82) is 0 Å². The number of hydrogen-bond acceptors (Lipinski definition) is 6. The van der Waals surface area contributed by atoms with Gasteiger partial charge in [-0.1, -0.05) is 0 Å². The van der Waals surface area contributed by atoms with Gasteiger partial charge >= 0.3 is 0 Å². The number of pyridine rings is 1. The zero-order valence-corrected chi connectivity index (χ0v) is 13.9. The number of aryl methyl sites for hydroxylation is 1. The van der Waals surface area contributed by atoms with Gasteiger partial charge < -0.3 is 10.3 Å². The fourth-order valence-corrected chi connectivity index (χ4v) is 3.56. The van der Waals surface area contributed by atoms with E-state index in [9.17, 15) is 13.2 Å². The summed E-state index contributed by atoms with van der Waals surface area (Å²) in [7, 11) is -3.13. The fourth-order valence-electron chi connectivity index (χ4n) is 2.69. The molecule has 3 rings (SSSR count). The quantitative estimate of drug-likeness (QED) is 0.842. The van der Waals surface area contributed by atoms with Crippen LogP contribution in [0.4, 0.5) is 5.95 Å². The van der Waals surface area contributed by atoms with Gasteiger partial charge in [0.25, 0.3) is 5.56 Å². The monoisotopic (exact) mass is 337 g/mol. The Balaban J connectivity index is 1.73. The minimum Gasteiger partial charge on any atom is -0.351 e. The summed E-state index contributed by atoms with van der Waals surface area (Å²) >= 11 is 0. The second-order valence-electron chi connectivity index (χ2n) is 5.86. The third-order valence-corrected chi connectivity index (χ3v) is 5.34. The van der Waals surface area contributed by atoms with E-state index in [1.165, 1.54) is 10.6 Å². The van der Waals surface area contributed by atoms with Gasteiger partial charge in [-0.25, -0.2) is 17.7 Å². The molecule has 2 aromatic rings. The number of piperidine rings is 1. The maximum Gasteiger partial charge on any atom is 0.252 e. The molecule has 1 saturated heterocycles. The summed E-state index contributed by atoms with van der Waals surface area (Å²) in [4.78, 5) is 23.0. The van der Waals surface area contributed by atoms with Crippen molar-refractivity contribution < 1.29 is 8.42 Å². The normalized spacial score (nSPS) is 17.5. The van der Waals surface area contributed by atoms with Gasteiger partial charge in [-0.2, -0.15) is 4.98 Å². The van der Waals surface area contributed by atoms with Gasteiger partial charge in [0.2, 0.25) is 16.0 Å². The molecule has 0 bridgehead atoms. The molecule has 9 heteroatoms. The lowest BCUT2D eigenvalue weighted by Gasteiger charge is -2.30. The molecule has 0 unspecified atom stereocenters. The molecule has 0 saturated carbocycles. The van der Waals surface area contributed by atoms with Crippen molar-refractivity contribution in [3.05, 3.63) is 28.2 Å². The predicted molar refractivity (Wildman–Crippen MR) is 88.0 cm³/mol. The Morgan fingerprint density at radius 3 is 2.70 bits per heavy atom. The van der Waals surface area contributed by atoms with Crippen LogP contribution in [0.1, 0.15) is 18.4 Å². The molecule has 1 aliphatic heterocycles. The van der Waals surface area contributed by atoms with Gasteiger partial charge in [0.15, 0.2) is 0 Å². The van der Waals surface area contributed by atoms with E-state index in [2.05, 4.69) is 20.3 Å². The van der Waals surface area contributed by atoms with E-state index in [-0.39, 0.29) is 11.6 Å². The lowest BCUT2D eigenvalue weighted by Crippen LogP contribution is -2.42. The van der Waals surface area contributed by atoms with E-state index in [4.69, 9.17) is 0 Å². The van der Waals surface area contributed by atoms with Crippen molar-refractivity contribution in [3.63, 3.8) is 0 Å². The van der Waals surface area contributed by atoms with Gasteiger partial charge in [-0.05, 0) is 25.8 Å². The van der Waals surface area contributed by atoms with E-state index in [1.807, 2.05) is 0 Å². The summed E-state index contributed by atoms with van der Waals surface area (Å²) in [6.07, 6.45) is 4.28. The summed E-state index contributed by atoms with van der Waals surface area (Å²) < 4.78 is 24.5. The van der Waals surface area contributed by atoms with E-state index in [1.54, 1.807) is 19.2 Å². The first-order valence-electron chi connectivity index (χ1n) is 7.41. The number of aromatic nitrogens is 3. The third kappa shape index (κ3) is 3.50. The second-order valence-corrected chi connectivity index (χ2v) is 7.84. The summed E-state index contributed by atoms with van der Waals surface area (Å²) in [6, 6.07) is 1.87. The number of rotatable bonds is 3. The van der Waals surface area contributed by atoms with Crippen molar-refractivity contribution in [2.45, 2.75) is 25.8 Å². The molecule has 2 N–H and O–H groups in total. The molecule has 23 heavy (non-hydrogen) atoms. The predicted octanol–water partition coefficient (Wildman–Crippen LogP) is 0.462. The zero-order valence-electron chi connectivity index (χ0n) is 13.0. The van der Waals surface area contributed by atoms with Crippen molar-refractivity contribution in [2.75, 3.05) is 24.7 Å². The molecule has 0 atom stereocenters. The Morgan fingerprint density at radius 1 is 1.35 bits per heavy atom. The van der Waals surface area contributed by atoms with Gasteiger partial charge in [0, 0.05) is 36.3 Å². The van der Waals surface area contributed by atoms with Gasteiger partial charge in [0.1, 0.15) is 5.65 Å². The van der Waals surface area contributed by atoms with Gasteiger partial charge in [-0.3, -0.25) is 4.79 Å². The van der Waals surface area contributed by atoms with Crippen LogP contribution in [-0.4, -0.2) is 53.1 Å². The van der Waals surface area contributed by atoms with E-state index < -0.39 is 10.0 Å². The van der Waals surface area contributed by atoms with Crippen LogP contribution in [0.5, 0.6) is 0 Å². The van der Waals surface area contributed by atoms with Gasteiger partial charge in [-0.15, -0.1) is 0 Å². The number of fused-ring (bicyclic) bond motifs is 1. The molecular formula is C14H19N5O3S. The highest BCUT2D eigenvalue weighted by atomic mass is 32.2. The van der Waals surface area contributed by atoms with Crippen molar-refractivity contribution in [1.82, 2.24) is 19.3 Å². The number of H-pyrrole nitrogens is 1. The van der Waals surface area contributed by atoms with Crippen LogP contribution in [0.2, 0.25) is 0 Å². The van der Waals surface area contributed by atoms with Crippen molar-refractivity contribution in [3.8, 4) is 0 Å². The van der Waals surface area contributed by atoms with Crippen LogP contribution in [0.3, 0.4) is 0 Å². The molecule has 124 valence electrons. The van der Waals surface area contributed by atoms with Crippen LogP contribution in [0.15, 0.2) is 17.1 Å². The molecular weight excluding hydrogens is 318 g/mol.